The lowest BCUT2D eigenvalue weighted by atomic mass is 10.0. The summed E-state index contributed by atoms with van der Waals surface area (Å²) < 4.78 is 5.31. The number of hydrogen-bond donors (Lipinski definition) is 1. The molecule has 2 aromatic rings. The number of rotatable bonds is 6. The molecule has 98 valence electrons. The summed E-state index contributed by atoms with van der Waals surface area (Å²) >= 11 is 1.26. The zero-order valence-electron chi connectivity index (χ0n) is 10.4. The molecule has 2 N–H and O–H groups in total. The fraction of sp³-hybridized carbons (Fsp3) is 0.133. The monoisotopic (exact) mass is 273 g/mol. The van der Waals surface area contributed by atoms with Crippen molar-refractivity contribution in [3.63, 3.8) is 0 Å². The smallest absolute Gasteiger partial charge is 0.244 e. The van der Waals surface area contributed by atoms with E-state index in [9.17, 15) is 4.79 Å². The maximum atomic E-state index is 10.7. The number of hydrogen-bond acceptors (Lipinski definition) is 3. The zero-order valence-corrected chi connectivity index (χ0v) is 11.2. The van der Waals surface area contributed by atoms with Crippen LogP contribution in [0.5, 0.6) is 0 Å². The fourth-order valence-electron chi connectivity index (χ4n) is 1.72. The van der Waals surface area contributed by atoms with Crippen LogP contribution in [0.3, 0.4) is 0 Å². The van der Waals surface area contributed by atoms with Crippen LogP contribution in [0.2, 0.25) is 0 Å². The van der Waals surface area contributed by atoms with E-state index in [1.165, 1.54) is 12.0 Å². The summed E-state index contributed by atoms with van der Waals surface area (Å²) in [5.41, 5.74) is 7.33. The second kappa shape index (κ2) is 6.97. The number of carbonyl (C=O) groups is 1. The number of nitrogens with two attached hydrogens (primary N) is 1. The Kier molecular flexibility index (Phi) is 5.01. The third kappa shape index (κ3) is 4.12. The molecule has 0 spiro atoms. The van der Waals surface area contributed by atoms with Gasteiger partial charge in [0.2, 0.25) is 5.91 Å². The van der Waals surface area contributed by atoms with Gasteiger partial charge in [0.15, 0.2) is 0 Å². The summed E-state index contributed by atoms with van der Waals surface area (Å²) in [5, 5.41) is 0.0294. The molecule has 0 unspecified atom stereocenters. The molecule has 0 fully saturated rings. The Bertz CT molecular complexity index is 477. The molecule has 0 aliphatic rings. The highest BCUT2D eigenvalue weighted by Gasteiger charge is 2.15. The van der Waals surface area contributed by atoms with E-state index in [-0.39, 0.29) is 11.9 Å². The predicted octanol–water partition coefficient (Wildman–Crippen LogP) is 2.93. The largest absolute Gasteiger partial charge is 0.368 e. The van der Waals surface area contributed by atoms with Crippen LogP contribution in [0.4, 0.5) is 0 Å². The number of amides is 1. The molecule has 2 rings (SSSR count). The van der Waals surface area contributed by atoms with E-state index in [1.807, 2.05) is 60.7 Å². The van der Waals surface area contributed by atoms with Crippen LogP contribution in [0, 0.1) is 0 Å². The summed E-state index contributed by atoms with van der Waals surface area (Å²) in [6.07, 6.45) is 0. The van der Waals surface area contributed by atoms with Crippen molar-refractivity contribution in [1.82, 2.24) is 0 Å². The van der Waals surface area contributed by atoms with Gasteiger partial charge in [-0.3, -0.25) is 4.79 Å². The van der Waals surface area contributed by atoms with Gasteiger partial charge in [0.25, 0.3) is 0 Å². The lowest BCUT2D eigenvalue weighted by molar-refractivity contribution is -0.119. The van der Waals surface area contributed by atoms with Crippen LogP contribution in [-0.2, 0) is 8.98 Å². The van der Waals surface area contributed by atoms with Gasteiger partial charge >= 0.3 is 0 Å². The molecule has 0 aliphatic heterocycles. The van der Waals surface area contributed by atoms with Gasteiger partial charge in [-0.1, -0.05) is 60.7 Å². The quantitative estimate of drug-likeness (QED) is 0.823. The minimum absolute atomic E-state index is 0.0294. The van der Waals surface area contributed by atoms with Crippen molar-refractivity contribution in [2.24, 2.45) is 5.73 Å². The van der Waals surface area contributed by atoms with Crippen molar-refractivity contribution in [2.75, 3.05) is 6.61 Å². The van der Waals surface area contributed by atoms with Crippen LogP contribution in [0.15, 0.2) is 60.7 Å². The van der Waals surface area contributed by atoms with E-state index in [4.69, 9.17) is 9.92 Å². The topological polar surface area (TPSA) is 52.3 Å². The van der Waals surface area contributed by atoms with Crippen molar-refractivity contribution in [3.8, 4) is 0 Å². The van der Waals surface area contributed by atoms with Gasteiger partial charge in [0.05, 0.1) is 5.25 Å². The standard InChI is InChI=1S/C15H15NO2S/c16-14(17)11-18-19-15(12-7-3-1-4-8-12)13-9-5-2-6-10-13/h1-10,15H,11H2,(H2,16,17). The lowest BCUT2D eigenvalue weighted by Gasteiger charge is -2.16. The third-order valence-electron chi connectivity index (χ3n) is 2.57. The van der Waals surface area contributed by atoms with Gasteiger partial charge in [-0.05, 0) is 11.1 Å². The molecular weight excluding hydrogens is 258 g/mol. The third-order valence-corrected chi connectivity index (χ3v) is 3.56. The molecule has 0 radical (unpaired) electrons. The van der Waals surface area contributed by atoms with Gasteiger partial charge in [-0.2, -0.15) is 0 Å². The summed E-state index contributed by atoms with van der Waals surface area (Å²) in [7, 11) is 0. The van der Waals surface area contributed by atoms with Gasteiger partial charge < -0.3 is 9.92 Å². The molecule has 3 nitrogen and oxygen atoms in total. The van der Waals surface area contributed by atoms with E-state index in [1.54, 1.807) is 0 Å². The predicted molar refractivity (Wildman–Crippen MR) is 77.5 cm³/mol. The molecular formula is C15H15NO2S. The van der Waals surface area contributed by atoms with E-state index in [0.717, 1.165) is 11.1 Å². The minimum Gasteiger partial charge on any atom is -0.368 e. The molecule has 0 aliphatic carbocycles. The van der Waals surface area contributed by atoms with E-state index in [0.29, 0.717) is 0 Å². The Labute approximate surface area is 117 Å². The van der Waals surface area contributed by atoms with Crippen molar-refractivity contribution < 1.29 is 8.98 Å². The Hall–Kier alpha value is -1.78. The first kappa shape index (κ1) is 13.6. The maximum absolute atomic E-state index is 10.7. The molecule has 0 saturated heterocycles. The Morgan fingerprint density at radius 2 is 1.47 bits per heavy atom. The van der Waals surface area contributed by atoms with Crippen molar-refractivity contribution in [3.05, 3.63) is 71.8 Å². The fourth-order valence-corrected chi connectivity index (χ4v) is 2.58. The van der Waals surface area contributed by atoms with Gasteiger partial charge in [-0.25, -0.2) is 0 Å². The molecule has 0 saturated carbocycles. The van der Waals surface area contributed by atoms with Crippen LogP contribution in [0.1, 0.15) is 16.4 Å². The Morgan fingerprint density at radius 1 is 1.00 bits per heavy atom. The molecule has 19 heavy (non-hydrogen) atoms. The lowest BCUT2D eigenvalue weighted by Crippen LogP contribution is -2.16. The molecule has 0 heterocycles. The van der Waals surface area contributed by atoms with Crippen molar-refractivity contribution in [2.45, 2.75) is 5.25 Å². The second-order valence-electron chi connectivity index (χ2n) is 4.03. The van der Waals surface area contributed by atoms with Gasteiger partial charge in [0, 0.05) is 12.0 Å². The van der Waals surface area contributed by atoms with Crippen LogP contribution in [0.25, 0.3) is 0 Å². The zero-order chi connectivity index (χ0) is 13.5. The average Bonchev–Trinajstić information content (AvgIpc) is 2.45. The average molecular weight is 273 g/mol. The van der Waals surface area contributed by atoms with Crippen molar-refractivity contribution >= 4 is 17.9 Å². The van der Waals surface area contributed by atoms with Crippen LogP contribution in [-0.4, -0.2) is 12.5 Å². The molecule has 0 aromatic heterocycles. The van der Waals surface area contributed by atoms with Crippen LogP contribution < -0.4 is 5.73 Å². The second-order valence-corrected chi connectivity index (χ2v) is 4.93. The van der Waals surface area contributed by atoms with Gasteiger partial charge in [-0.15, -0.1) is 0 Å². The highest BCUT2D eigenvalue weighted by molar-refractivity contribution is 7.95. The Balaban J connectivity index is 2.17. The van der Waals surface area contributed by atoms with Gasteiger partial charge in [0.1, 0.15) is 6.61 Å². The minimum atomic E-state index is -0.465. The number of carbonyl (C=O) groups excluding carboxylic acids is 1. The summed E-state index contributed by atoms with van der Waals surface area (Å²) in [6, 6.07) is 20.0. The molecule has 0 atom stereocenters. The van der Waals surface area contributed by atoms with Crippen molar-refractivity contribution in [1.29, 1.82) is 0 Å². The first-order valence-corrected chi connectivity index (χ1v) is 6.74. The first-order valence-electron chi connectivity index (χ1n) is 5.94. The molecule has 1 amide bonds. The summed E-state index contributed by atoms with van der Waals surface area (Å²) in [4.78, 5) is 10.7. The normalized spacial score (nSPS) is 10.6. The van der Waals surface area contributed by atoms with E-state index >= 15 is 0 Å². The summed E-state index contributed by atoms with van der Waals surface area (Å²) in [5.74, 6) is -0.465. The number of primary amides is 1. The first-order chi connectivity index (χ1) is 9.27. The van der Waals surface area contributed by atoms with E-state index in [2.05, 4.69) is 0 Å². The maximum Gasteiger partial charge on any atom is 0.244 e. The number of benzene rings is 2. The van der Waals surface area contributed by atoms with E-state index < -0.39 is 5.91 Å². The molecule has 4 heteroatoms. The molecule has 0 bridgehead atoms. The Morgan fingerprint density at radius 3 is 1.89 bits per heavy atom. The molecule has 2 aromatic carbocycles. The highest BCUT2D eigenvalue weighted by Crippen LogP contribution is 2.35. The SMILES string of the molecule is NC(=O)COSC(c1ccccc1)c1ccccc1. The summed E-state index contributed by atoms with van der Waals surface area (Å²) in [6.45, 7) is -0.0825. The van der Waals surface area contributed by atoms with Crippen LogP contribution >= 0.6 is 12.0 Å². The highest BCUT2D eigenvalue weighted by atomic mass is 32.2.